The number of anilines is 2. The highest BCUT2D eigenvalue weighted by Crippen LogP contribution is 2.60. The van der Waals surface area contributed by atoms with Gasteiger partial charge < -0.3 is 4.90 Å². The second-order valence-electron chi connectivity index (χ2n) is 7.38. The molecule has 1 saturated carbocycles. The fraction of sp³-hybridized carbons (Fsp3) is 0.412. The fourth-order valence-corrected chi connectivity index (χ4v) is 4.58. The van der Waals surface area contributed by atoms with Crippen LogP contribution in [-0.2, 0) is 5.41 Å². The van der Waals surface area contributed by atoms with E-state index in [0.29, 0.717) is 10.4 Å². The van der Waals surface area contributed by atoms with Crippen LogP contribution in [0.5, 0.6) is 0 Å². The van der Waals surface area contributed by atoms with Crippen LogP contribution in [0, 0.1) is 11.2 Å². The highest BCUT2D eigenvalue weighted by molar-refractivity contribution is 7.80. The maximum atomic E-state index is 13.9. The Balaban J connectivity index is 1.80. The molecule has 2 aliphatic rings. The van der Waals surface area contributed by atoms with Gasteiger partial charge in [-0.25, -0.2) is 14.4 Å². The van der Waals surface area contributed by atoms with Gasteiger partial charge >= 0.3 is 0 Å². The number of rotatable bonds is 1. The molecule has 1 aliphatic carbocycles. The second kappa shape index (κ2) is 4.84. The number of aromatic nitrogens is 2. The van der Waals surface area contributed by atoms with Crippen molar-refractivity contribution < 1.29 is 4.39 Å². The van der Waals surface area contributed by atoms with Crippen molar-refractivity contribution >= 4 is 35.7 Å². The van der Waals surface area contributed by atoms with Crippen molar-refractivity contribution in [3.05, 3.63) is 40.9 Å². The maximum absolute atomic E-state index is 13.9. The van der Waals surface area contributed by atoms with Gasteiger partial charge in [0.2, 0.25) is 0 Å². The molecule has 120 valence electrons. The van der Waals surface area contributed by atoms with Crippen LogP contribution in [0.25, 0.3) is 0 Å². The Morgan fingerprint density at radius 2 is 2.04 bits per heavy atom. The molecule has 0 radical (unpaired) electrons. The lowest BCUT2D eigenvalue weighted by molar-refractivity contribution is 0.0667. The third-order valence-corrected chi connectivity index (χ3v) is 5.33. The highest BCUT2D eigenvalue weighted by atomic mass is 35.5. The third-order valence-electron chi connectivity index (χ3n) is 4.81. The minimum Gasteiger partial charge on any atom is -0.324 e. The van der Waals surface area contributed by atoms with Gasteiger partial charge in [0, 0.05) is 17.6 Å². The number of fused-ring (bicyclic) bond motifs is 2. The second-order valence-corrected chi connectivity index (χ2v) is 8.25. The first-order valence-corrected chi connectivity index (χ1v) is 8.41. The molecule has 0 unspecified atom stereocenters. The van der Waals surface area contributed by atoms with Gasteiger partial charge in [0.25, 0.3) is 0 Å². The van der Waals surface area contributed by atoms with Gasteiger partial charge in [-0.05, 0) is 36.5 Å². The highest BCUT2D eigenvalue weighted by Gasteiger charge is 2.57. The minimum absolute atomic E-state index is 0.0132. The smallest absolute Gasteiger partial charge is 0.155 e. The molecule has 2 aromatic rings. The van der Waals surface area contributed by atoms with Crippen LogP contribution in [0.2, 0.25) is 5.02 Å². The molecule has 1 aliphatic heterocycles. The maximum Gasteiger partial charge on any atom is 0.155 e. The lowest BCUT2D eigenvalue weighted by atomic mass is 9.54. The molecule has 0 amide bonds. The van der Waals surface area contributed by atoms with Gasteiger partial charge in [-0.2, -0.15) is 0 Å². The molecule has 3 nitrogen and oxygen atoms in total. The molecule has 1 spiro atoms. The van der Waals surface area contributed by atoms with Crippen molar-refractivity contribution in [2.24, 2.45) is 5.41 Å². The molecule has 0 bridgehead atoms. The van der Waals surface area contributed by atoms with Gasteiger partial charge in [-0.3, -0.25) is 0 Å². The van der Waals surface area contributed by atoms with Crippen molar-refractivity contribution in [2.75, 3.05) is 11.4 Å². The summed E-state index contributed by atoms with van der Waals surface area (Å²) in [6.07, 6.45) is 3.74. The first-order valence-electron chi connectivity index (χ1n) is 7.59. The summed E-state index contributed by atoms with van der Waals surface area (Å²) < 4.78 is 13.9. The van der Waals surface area contributed by atoms with Gasteiger partial charge in [-0.1, -0.05) is 25.4 Å². The SMILES string of the molecule is CC1(C)CC2(CN(c3ccc(Cl)c(F)c3)c3ncc(S)nc32)C1. The standard InChI is InChI=1S/C17H17ClFN3S/c1-16(2)7-17(8-16)9-22(10-3-4-11(18)12(19)5-10)15-14(17)21-13(23)6-20-15/h3-6H,7-9H2,1-2H3,(H,21,23). The van der Waals surface area contributed by atoms with Crippen molar-refractivity contribution in [1.29, 1.82) is 0 Å². The van der Waals surface area contributed by atoms with E-state index in [1.165, 1.54) is 6.07 Å². The van der Waals surface area contributed by atoms with Crippen LogP contribution in [0.3, 0.4) is 0 Å². The van der Waals surface area contributed by atoms with E-state index >= 15 is 0 Å². The Bertz CT molecular complexity index is 800. The van der Waals surface area contributed by atoms with E-state index in [9.17, 15) is 4.39 Å². The summed E-state index contributed by atoms with van der Waals surface area (Å²) in [5.41, 5.74) is 2.03. The number of benzene rings is 1. The number of nitrogens with zero attached hydrogens (tertiary/aromatic N) is 3. The molecule has 6 heteroatoms. The summed E-state index contributed by atoms with van der Waals surface area (Å²) in [5, 5.41) is 0.751. The summed E-state index contributed by atoms with van der Waals surface area (Å²) >= 11 is 10.2. The Hall–Kier alpha value is -1.33. The quantitative estimate of drug-likeness (QED) is 0.752. The van der Waals surface area contributed by atoms with Crippen molar-refractivity contribution in [2.45, 2.75) is 37.1 Å². The van der Waals surface area contributed by atoms with Crippen LogP contribution < -0.4 is 4.90 Å². The zero-order valence-electron chi connectivity index (χ0n) is 13.0. The minimum atomic E-state index is -0.417. The zero-order chi connectivity index (χ0) is 16.4. The number of hydrogen-bond donors (Lipinski definition) is 1. The molecule has 2 heterocycles. The van der Waals surface area contributed by atoms with Crippen LogP contribution in [0.1, 0.15) is 32.4 Å². The first-order chi connectivity index (χ1) is 10.8. The van der Waals surface area contributed by atoms with Crippen molar-refractivity contribution in [1.82, 2.24) is 9.97 Å². The predicted octanol–water partition coefficient (Wildman–Crippen LogP) is 4.77. The van der Waals surface area contributed by atoms with E-state index in [-0.39, 0.29) is 10.4 Å². The Kier molecular flexibility index (Phi) is 3.20. The molecule has 4 rings (SSSR count). The predicted molar refractivity (Wildman–Crippen MR) is 92.4 cm³/mol. The lowest BCUT2D eigenvalue weighted by Crippen LogP contribution is -2.49. The zero-order valence-corrected chi connectivity index (χ0v) is 14.6. The summed E-state index contributed by atoms with van der Waals surface area (Å²) in [6.45, 7) is 5.30. The Morgan fingerprint density at radius 1 is 1.30 bits per heavy atom. The van der Waals surface area contributed by atoms with Gasteiger partial charge in [0.1, 0.15) is 10.8 Å². The molecule has 23 heavy (non-hydrogen) atoms. The van der Waals surface area contributed by atoms with E-state index < -0.39 is 5.82 Å². The molecule has 0 atom stereocenters. The van der Waals surface area contributed by atoms with Crippen LogP contribution >= 0.6 is 24.2 Å². The topological polar surface area (TPSA) is 29.0 Å². The van der Waals surface area contributed by atoms with Crippen LogP contribution in [-0.4, -0.2) is 16.5 Å². The summed E-state index contributed by atoms with van der Waals surface area (Å²) in [7, 11) is 0. The molecular weight excluding hydrogens is 333 g/mol. The fourth-order valence-electron chi connectivity index (χ4n) is 4.31. The number of hydrogen-bond acceptors (Lipinski definition) is 4. The van der Waals surface area contributed by atoms with Gasteiger partial charge in [-0.15, -0.1) is 12.6 Å². The number of halogens is 2. The number of thiol groups is 1. The Labute approximate surface area is 145 Å². The summed E-state index contributed by atoms with van der Waals surface area (Å²) in [4.78, 5) is 11.2. The molecule has 0 saturated heterocycles. The average Bonchev–Trinajstić information content (AvgIpc) is 2.75. The van der Waals surface area contributed by atoms with E-state index in [1.807, 2.05) is 11.0 Å². The Morgan fingerprint density at radius 3 is 2.70 bits per heavy atom. The molecule has 1 aromatic carbocycles. The van der Waals surface area contributed by atoms with E-state index in [2.05, 4.69) is 36.4 Å². The summed E-state index contributed by atoms with van der Waals surface area (Å²) in [6, 6.07) is 4.88. The monoisotopic (exact) mass is 349 g/mol. The lowest BCUT2D eigenvalue weighted by Gasteiger charge is -2.51. The largest absolute Gasteiger partial charge is 0.324 e. The van der Waals surface area contributed by atoms with Gasteiger partial charge in [0.15, 0.2) is 5.82 Å². The molecule has 1 fully saturated rings. The van der Waals surface area contributed by atoms with Crippen molar-refractivity contribution in [3.63, 3.8) is 0 Å². The van der Waals surface area contributed by atoms with Crippen molar-refractivity contribution in [3.8, 4) is 0 Å². The normalized spacial score (nSPS) is 20.5. The average molecular weight is 350 g/mol. The first kappa shape index (κ1) is 15.2. The van der Waals surface area contributed by atoms with E-state index in [4.69, 9.17) is 11.6 Å². The molecular formula is C17H17ClFN3S. The summed E-state index contributed by atoms with van der Waals surface area (Å²) in [5.74, 6) is 0.388. The third kappa shape index (κ3) is 2.32. The van der Waals surface area contributed by atoms with E-state index in [1.54, 1.807) is 12.3 Å². The molecule has 0 N–H and O–H groups in total. The molecule has 1 aromatic heterocycles. The van der Waals surface area contributed by atoms with Crippen LogP contribution in [0.15, 0.2) is 29.4 Å². The van der Waals surface area contributed by atoms with E-state index in [0.717, 1.165) is 36.6 Å². The van der Waals surface area contributed by atoms with Crippen LogP contribution in [0.4, 0.5) is 15.9 Å². The van der Waals surface area contributed by atoms with Gasteiger partial charge in [0.05, 0.1) is 16.9 Å².